The molecule has 0 radical (unpaired) electrons. The summed E-state index contributed by atoms with van der Waals surface area (Å²) in [5.41, 5.74) is 2.05. The molecular weight excluding hydrogens is 450 g/mol. The molecule has 1 N–H and O–H groups in total. The Balaban J connectivity index is 1.68. The molecule has 0 spiro atoms. The zero-order valence-corrected chi connectivity index (χ0v) is 20.6. The number of anilines is 2. The fourth-order valence-electron chi connectivity index (χ4n) is 3.45. The van der Waals surface area contributed by atoms with Crippen molar-refractivity contribution >= 4 is 33.0 Å². The SMILES string of the molecule is CCS(=O)(=O)c1ccc(CC(=O)Nc2ccc(C(=O)N(c3ccccc3)C(C)(C)C)cc2)cn1. The monoisotopic (exact) mass is 479 g/mol. The minimum Gasteiger partial charge on any atom is -0.326 e. The number of rotatable bonds is 7. The fraction of sp³-hybridized carbons (Fsp3) is 0.269. The lowest BCUT2D eigenvalue weighted by Crippen LogP contribution is -2.46. The summed E-state index contributed by atoms with van der Waals surface area (Å²) < 4.78 is 23.7. The van der Waals surface area contributed by atoms with Crippen molar-refractivity contribution in [1.29, 1.82) is 0 Å². The van der Waals surface area contributed by atoms with Gasteiger partial charge in [0.1, 0.15) is 0 Å². The minimum absolute atomic E-state index is 0.000725. The molecule has 0 bridgehead atoms. The Morgan fingerprint density at radius 2 is 1.59 bits per heavy atom. The minimum atomic E-state index is -3.38. The van der Waals surface area contributed by atoms with Crippen molar-refractivity contribution in [3.63, 3.8) is 0 Å². The van der Waals surface area contributed by atoms with Gasteiger partial charge in [0, 0.05) is 28.7 Å². The Labute approximate surface area is 200 Å². The van der Waals surface area contributed by atoms with Gasteiger partial charge in [-0.15, -0.1) is 0 Å². The van der Waals surface area contributed by atoms with Gasteiger partial charge in [0.2, 0.25) is 5.91 Å². The molecule has 0 saturated carbocycles. The Morgan fingerprint density at radius 1 is 0.941 bits per heavy atom. The van der Waals surface area contributed by atoms with Gasteiger partial charge >= 0.3 is 0 Å². The predicted molar refractivity (Wildman–Crippen MR) is 134 cm³/mol. The Bertz CT molecular complexity index is 1250. The first-order valence-corrected chi connectivity index (χ1v) is 12.6. The zero-order valence-electron chi connectivity index (χ0n) is 19.8. The summed E-state index contributed by atoms with van der Waals surface area (Å²) in [5.74, 6) is -0.436. The van der Waals surface area contributed by atoms with Crippen molar-refractivity contribution in [3.8, 4) is 0 Å². The number of hydrogen-bond acceptors (Lipinski definition) is 5. The number of hydrogen-bond donors (Lipinski definition) is 1. The summed E-state index contributed by atoms with van der Waals surface area (Å²) >= 11 is 0. The maximum atomic E-state index is 13.3. The summed E-state index contributed by atoms with van der Waals surface area (Å²) in [6.07, 6.45) is 1.44. The van der Waals surface area contributed by atoms with E-state index in [1.807, 2.05) is 51.1 Å². The van der Waals surface area contributed by atoms with Crippen LogP contribution in [0.2, 0.25) is 0 Å². The van der Waals surface area contributed by atoms with Gasteiger partial charge in [0.25, 0.3) is 5.91 Å². The fourth-order valence-corrected chi connectivity index (χ4v) is 4.23. The maximum Gasteiger partial charge on any atom is 0.258 e. The first kappa shape index (κ1) is 25.1. The third kappa shape index (κ3) is 6.08. The van der Waals surface area contributed by atoms with Gasteiger partial charge in [-0.05, 0) is 68.8 Å². The molecule has 0 unspecified atom stereocenters. The molecule has 3 rings (SSSR count). The second-order valence-corrected chi connectivity index (χ2v) is 11.1. The normalized spacial score (nSPS) is 11.6. The molecule has 8 heteroatoms. The molecule has 1 heterocycles. The second kappa shape index (κ2) is 10.2. The van der Waals surface area contributed by atoms with Gasteiger partial charge in [-0.1, -0.05) is 31.2 Å². The number of benzene rings is 2. The van der Waals surface area contributed by atoms with Crippen LogP contribution in [0.5, 0.6) is 0 Å². The molecule has 34 heavy (non-hydrogen) atoms. The lowest BCUT2D eigenvalue weighted by molar-refractivity contribution is -0.115. The van der Waals surface area contributed by atoms with E-state index in [0.29, 0.717) is 16.8 Å². The van der Waals surface area contributed by atoms with Crippen molar-refractivity contribution in [2.45, 2.75) is 44.7 Å². The van der Waals surface area contributed by atoms with Crippen molar-refractivity contribution in [2.75, 3.05) is 16.0 Å². The van der Waals surface area contributed by atoms with Crippen molar-refractivity contribution in [2.24, 2.45) is 0 Å². The molecule has 0 aliphatic rings. The number of nitrogens with zero attached hydrogens (tertiary/aromatic N) is 2. The maximum absolute atomic E-state index is 13.3. The number of para-hydroxylation sites is 1. The van der Waals surface area contributed by atoms with Crippen molar-refractivity contribution < 1.29 is 18.0 Å². The van der Waals surface area contributed by atoms with E-state index in [2.05, 4.69) is 10.3 Å². The van der Waals surface area contributed by atoms with E-state index < -0.39 is 15.4 Å². The number of amides is 2. The molecule has 0 aliphatic carbocycles. The largest absolute Gasteiger partial charge is 0.326 e. The third-order valence-corrected chi connectivity index (χ3v) is 6.80. The first-order valence-electron chi connectivity index (χ1n) is 11.0. The second-order valence-electron chi connectivity index (χ2n) is 8.86. The van der Waals surface area contributed by atoms with E-state index in [9.17, 15) is 18.0 Å². The topological polar surface area (TPSA) is 96.4 Å². The van der Waals surface area contributed by atoms with E-state index in [1.54, 1.807) is 42.2 Å². The summed E-state index contributed by atoms with van der Waals surface area (Å²) in [5, 5.41) is 2.79. The quantitative estimate of drug-likeness (QED) is 0.538. The van der Waals surface area contributed by atoms with Crippen LogP contribution in [0.3, 0.4) is 0 Å². The molecule has 7 nitrogen and oxygen atoms in total. The smallest absolute Gasteiger partial charge is 0.258 e. The number of sulfone groups is 1. The Hall–Kier alpha value is -3.52. The molecule has 178 valence electrons. The first-order chi connectivity index (χ1) is 16.0. The van der Waals surface area contributed by atoms with Crippen LogP contribution in [0, 0.1) is 0 Å². The van der Waals surface area contributed by atoms with E-state index in [4.69, 9.17) is 0 Å². The highest BCUT2D eigenvalue weighted by molar-refractivity contribution is 7.91. The highest BCUT2D eigenvalue weighted by atomic mass is 32.2. The average Bonchev–Trinajstić information content (AvgIpc) is 2.79. The number of pyridine rings is 1. The zero-order chi connectivity index (χ0) is 24.9. The van der Waals surface area contributed by atoms with E-state index in [0.717, 1.165) is 5.69 Å². The van der Waals surface area contributed by atoms with Crippen LogP contribution in [0.25, 0.3) is 0 Å². The van der Waals surface area contributed by atoms with Crippen LogP contribution in [-0.4, -0.2) is 36.5 Å². The Kier molecular flexibility index (Phi) is 7.51. The van der Waals surface area contributed by atoms with Crippen LogP contribution in [-0.2, 0) is 21.1 Å². The molecule has 0 fully saturated rings. The van der Waals surface area contributed by atoms with Gasteiger partial charge in [0.05, 0.1) is 12.2 Å². The molecule has 0 aliphatic heterocycles. The lowest BCUT2D eigenvalue weighted by Gasteiger charge is -2.36. The molecule has 0 atom stereocenters. The number of nitrogens with one attached hydrogen (secondary N) is 1. The summed E-state index contributed by atoms with van der Waals surface area (Å²) in [6.45, 7) is 7.49. The molecule has 2 amide bonds. The van der Waals surface area contributed by atoms with Crippen molar-refractivity contribution in [1.82, 2.24) is 4.98 Å². The van der Waals surface area contributed by atoms with E-state index in [-0.39, 0.29) is 29.0 Å². The van der Waals surface area contributed by atoms with Gasteiger partial charge in [-0.2, -0.15) is 0 Å². The molecule has 3 aromatic rings. The number of aromatic nitrogens is 1. The summed E-state index contributed by atoms with van der Waals surface area (Å²) in [6, 6.07) is 19.2. The summed E-state index contributed by atoms with van der Waals surface area (Å²) in [4.78, 5) is 31.4. The molecule has 2 aromatic carbocycles. The lowest BCUT2D eigenvalue weighted by atomic mass is 10.0. The highest BCUT2D eigenvalue weighted by Gasteiger charge is 2.28. The van der Waals surface area contributed by atoms with Gasteiger partial charge in [-0.25, -0.2) is 13.4 Å². The number of carbonyl (C=O) groups excluding carboxylic acids is 2. The standard InChI is InChI=1S/C26H29N3O4S/c1-5-34(32,33)24-16-11-19(18-27-24)17-23(30)28-21-14-12-20(13-15-21)25(31)29(26(2,3)4)22-9-7-6-8-10-22/h6-16,18H,5,17H2,1-4H3,(H,28,30). The predicted octanol–water partition coefficient (Wildman–Crippen LogP) is 4.50. The van der Waals surface area contributed by atoms with Crippen LogP contribution < -0.4 is 10.2 Å². The van der Waals surface area contributed by atoms with Crippen LogP contribution in [0.15, 0.2) is 78.0 Å². The van der Waals surface area contributed by atoms with Crippen LogP contribution in [0.1, 0.15) is 43.6 Å². The molecular formula is C26H29N3O4S. The van der Waals surface area contributed by atoms with E-state index >= 15 is 0 Å². The van der Waals surface area contributed by atoms with Crippen molar-refractivity contribution in [3.05, 3.63) is 84.1 Å². The third-order valence-electron chi connectivity index (χ3n) is 5.16. The Morgan fingerprint density at radius 3 is 2.12 bits per heavy atom. The molecule has 0 saturated heterocycles. The van der Waals surface area contributed by atoms with Crippen LogP contribution in [0.4, 0.5) is 11.4 Å². The highest BCUT2D eigenvalue weighted by Crippen LogP contribution is 2.26. The van der Waals surface area contributed by atoms with Crippen LogP contribution >= 0.6 is 0 Å². The van der Waals surface area contributed by atoms with Gasteiger partial charge in [-0.3, -0.25) is 9.59 Å². The number of carbonyl (C=O) groups is 2. The van der Waals surface area contributed by atoms with Gasteiger partial charge < -0.3 is 10.2 Å². The van der Waals surface area contributed by atoms with Gasteiger partial charge in [0.15, 0.2) is 14.9 Å². The molecule has 1 aromatic heterocycles. The summed E-state index contributed by atoms with van der Waals surface area (Å²) in [7, 11) is -3.38. The van der Waals surface area contributed by atoms with E-state index in [1.165, 1.54) is 12.3 Å². The average molecular weight is 480 g/mol.